The average molecular weight is 272 g/mol. The Hall–Kier alpha value is -1.62. The molecule has 0 bridgehead atoms. The molecule has 1 N–H and O–H groups in total. The minimum atomic E-state index is -0.969. The number of amides is 1. The van der Waals surface area contributed by atoms with E-state index in [4.69, 9.17) is 16.7 Å². The predicted molar refractivity (Wildman–Crippen MR) is 62.6 cm³/mol. The molecule has 1 heterocycles. The van der Waals surface area contributed by atoms with Crippen molar-refractivity contribution in [1.82, 2.24) is 4.90 Å². The van der Waals surface area contributed by atoms with Crippen LogP contribution >= 0.6 is 11.6 Å². The topological polar surface area (TPSA) is 57.6 Å². The summed E-state index contributed by atoms with van der Waals surface area (Å²) in [5.74, 6) is -2.35. The number of likely N-dealkylation sites (tertiary alicyclic amines) is 1. The van der Waals surface area contributed by atoms with Crippen molar-refractivity contribution in [3.05, 3.63) is 34.6 Å². The highest BCUT2D eigenvalue weighted by Crippen LogP contribution is 2.22. The molecule has 4 nitrogen and oxygen atoms in total. The summed E-state index contributed by atoms with van der Waals surface area (Å²) >= 11 is 5.64. The number of carboxylic acid groups (broad SMARTS) is 1. The lowest BCUT2D eigenvalue weighted by atomic mass is 10.1. The number of carbonyl (C=O) groups excluding carboxylic acids is 1. The highest BCUT2D eigenvalue weighted by molar-refractivity contribution is 6.30. The van der Waals surface area contributed by atoms with Crippen LogP contribution in [0.5, 0.6) is 0 Å². The number of halogens is 2. The van der Waals surface area contributed by atoms with E-state index >= 15 is 0 Å². The van der Waals surface area contributed by atoms with Gasteiger partial charge in [0.1, 0.15) is 5.82 Å². The van der Waals surface area contributed by atoms with Crippen LogP contribution in [-0.4, -0.2) is 28.4 Å². The number of nitrogens with zero attached hydrogens (tertiary/aromatic N) is 1. The number of carboxylic acids is 1. The van der Waals surface area contributed by atoms with Crippen molar-refractivity contribution in [1.29, 1.82) is 0 Å². The maximum absolute atomic E-state index is 13.0. The summed E-state index contributed by atoms with van der Waals surface area (Å²) in [5.41, 5.74) is 0.681. The number of hydrogen-bond acceptors (Lipinski definition) is 2. The van der Waals surface area contributed by atoms with E-state index < -0.39 is 17.7 Å². The predicted octanol–water partition coefficient (Wildman–Crippen LogP) is 1.91. The molecule has 1 fully saturated rings. The van der Waals surface area contributed by atoms with E-state index in [1.165, 1.54) is 23.1 Å². The summed E-state index contributed by atoms with van der Waals surface area (Å²) in [6.45, 7) is 0.436. The van der Waals surface area contributed by atoms with Crippen molar-refractivity contribution in [3.63, 3.8) is 0 Å². The first kappa shape index (κ1) is 12.8. The van der Waals surface area contributed by atoms with Gasteiger partial charge in [0.05, 0.1) is 10.9 Å². The minimum Gasteiger partial charge on any atom is -0.481 e. The summed E-state index contributed by atoms with van der Waals surface area (Å²) in [6.07, 6.45) is 0.0181. The van der Waals surface area contributed by atoms with Crippen molar-refractivity contribution in [2.75, 3.05) is 6.54 Å². The van der Waals surface area contributed by atoms with Crippen LogP contribution in [0.25, 0.3) is 0 Å². The van der Waals surface area contributed by atoms with Gasteiger partial charge in [0, 0.05) is 19.5 Å². The van der Waals surface area contributed by atoms with Gasteiger partial charge in [-0.25, -0.2) is 4.39 Å². The van der Waals surface area contributed by atoms with E-state index in [9.17, 15) is 14.0 Å². The third-order valence-electron chi connectivity index (χ3n) is 2.92. The van der Waals surface area contributed by atoms with Crippen LogP contribution < -0.4 is 0 Å². The molecule has 0 radical (unpaired) electrons. The normalized spacial score (nSPS) is 19.3. The molecule has 1 amide bonds. The van der Waals surface area contributed by atoms with Gasteiger partial charge >= 0.3 is 5.97 Å². The Morgan fingerprint density at radius 1 is 1.56 bits per heavy atom. The summed E-state index contributed by atoms with van der Waals surface area (Å²) in [5, 5.41) is 8.84. The number of aliphatic carboxylic acids is 1. The molecule has 0 spiro atoms. The SMILES string of the molecule is O=C(O)[C@H]1CC(=O)N(Cc2ccc(F)c(Cl)c2)C1. The fourth-order valence-electron chi connectivity index (χ4n) is 1.95. The molecule has 18 heavy (non-hydrogen) atoms. The largest absolute Gasteiger partial charge is 0.481 e. The van der Waals surface area contributed by atoms with E-state index in [2.05, 4.69) is 0 Å². The third kappa shape index (κ3) is 2.61. The number of benzene rings is 1. The molecule has 1 aliphatic rings. The van der Waals surface area contributed by atoms with Crippen LogP contribution in [0.15, 0.2) is 18.2 Å². The van der Waals surface area contributed by atoms with Gasteiger partial charge in [-0.2, -0.15) is 0 Å². The second kappa shape index (κ2) is 4.94. The highest BCUT2D eigenvalue weighted by atomic mass is 35.5. The molecule has 6 heteroatoms. The summed E-state index contributed by atoms with van der Waals surface area (Å²) in [6, 6.07) is 4.20. The Kier molecular flexibility index (Phi) is 3.52. The summed E-state index contributed by atoms with van der Waals surface area (Å²) in [4.78, 5) is 23.8. The third-order valence-corrected chi connectivity index (χ3v) is 3.21. The van der Waals surface area contributed by atoms with Gasteiger partial charge in [0.15, 0.2) is 0 Å². The summed E-state index contributed by atoms with van der Waals surface area (Å²) in [7, 11) is 0. The molecule has 96 valence electrons. The molecular weight excluding hydrogens is 261 g/mol. The minimum absolute atomic E-state index is 0.00562. The number of rotatable bonds is 3. The fraction of sp³-hybridized carbons (Fsp3) is 0.333. The number of hydrogen-bond donors (Lipinski definition) is 1. The molecule has 1 aromatic carbocycles. The lowest BCUT2D eigenvalue weighted by Gasteiger charge is -2.16. The van der Waals surface area contributed by atoms with E-state index in [-0.39, 0.29) is 30.4 Å². The second-order valence-electron chi connectivity index (χ2n) is 4.26. The molecule has 0 aliphatic carbocycles. The van der Waals surface area contributed by atoms with Crippen LogP contribution in [0.2, 0.25) is 5.02 Å². The Morgan fingerprint density at radius 3 is 2.83 bits per heavy atom. The van der Waals surface area contributed by atoms with E-state index in [1.54, 1.807) is 0 Å². The van der Waals surface area contributed by atoms with Crippen molar-refractivity contribution in [2.24, 2.45) is 5.92 Å². The zero-order valence-corrected chi connectivity index (χ0v) is 10.2. The molecule has 1 aromatic rings. The monoisotopic (exact) mass is 271 g/mol. The Balaban J connectivity index is 2.08. The Bertz CT molecular complexity index is 506. The van der Waals surface area contributed by atoms with Gasteiger partial charge in [-0.05, 0) is 17.7 Å². The lowest BCUT2D eigenvalue weighted by molar-refractivity contribution is -0.141. The van der Waals surface area contributed by atoms with Crippen LogP contribution in [-0.2, 0) is 16.1 Å². The van der Waals surface area contributed by atoms with E-state index in [0.717, 1.165) is 0 Å². The van der Waals surface area contributed by atoms with Crippen LogP contribution in [0.4, 0.5) is 4.39 Å². The molecule has 2 rings (SSSR count). The van der Waals surface area contributed by atoms with Gasteiger partial charge in [-0.1, -0.05) is 17.7 Å². The first-order valence-electron chi connectivity index (χ1n) is 5.42. The zero-order valence-electron chi connectivity index (χ0n) is 9.40. The highest BCUT2D eigenvalue weighted by Gasteiger charge is 2.34. The zero-order chi connectivity index (χ0) is 13.3. The Labute approximate surface area is 108 Å². The van der Waals surface area contributed by atoms with E-state index in [1.807, 2.05) is 0 Å². The van der Waals surface area contributed by atoms with Crippen LogP contribution in [0.1, 0.15) is 12.0 Å². The fourth-order valence-corrected chi connectivity index (χ4v) is 2.15. The van der Waals surface area contributed by atoms with Crippen LogP contribution in [0.3, 0.4) is 0 Å². The molecule has 0 unspecified atom stereocenters. The molecular formula is C12H11ClFNO3. The van der Waals surface area contributed by atoms with Crippen molar-refractivity contribution in [2.45, 2.75) is 13.0 Å². The summed E-state index contributed by atoms with van der Waals surface area (Å²) < 4.78 is 13.0. The maximum Gasteiger partial charge on any atom is 0.308 e. The van der Waals surface area contributed by atoms with Crippen molar-refractivity contribution >= 4 is 23.5 Å². The molecule has 1 aliphatic heterocycles. The van der Waals surface area contributed by atoms with Gasteiger partial charge < -0.3 is 10.0 Å². The first-order chi connectivity index (χ1) is 8.47. The average Bonchev–Trinajstić information content (AvgIpc) is 2.66. The van der Waals surface area contributed by atoms with Crippen molar-refractivity contribution < 1.29 is 19.1 Å². The van der Waals surface area contributed by atoms with E-state index in [0.29, 0.717) is 5.56 Å². The quantitative estimate of drug-likeness (QED) is 0.914. The molecule has 1 saturated heterocycles. The molecule has 0 saturated carbocycles. The second-order valence-corrected chi connectivity index (χ2v) is 4.67. The lowest BCUT2D eigenvalue weighted by Crippen LogP contribution is -2.25. The van der Waals surface area contributed by atoms with Gasteiger partial charge in [-0.3, -0.25) is 9.59 Å². The molecule has 1 atom stereocenters. The maximum atomic E-state index is 13.0. The first-order valence-corrected chi connectivity index (χ1v) is 5.79. The number of carbonyl (C=O) groups is 2. The standard InChI is InChI=1S/C12H11ClFNO3/c13-9-3-7(1-2-10(9)14)5-15-6-8(12(17)18)4-11(15)16/h1-3,8H,4-6H2,(H,17,18)/t8-/m0/s1. The molecule has 0 aromatic heterocycles. The van der Waals surface area contributed by atoms with Gasteiger partial charge in [0.25, 0.3) is 0 Å². The van der Waals surface area contributed by atoms with Crippen molar-refractivity contribution in [3.8, 4) is 0 Å². The Morgan fingerprint density at radius 2 is 2.28 bits per heavy atom. The van der Waals surface area contributed by atoms with Gasteiger partial charge in [0.2, 0.25) is 5.91 Å². The van der Waals surface area contributed by atoms with Crippen LogP contribution in [0, 0.1) is 11.7 Å². The van der Waals surface area contributed by atoms with Gasteiger partial charge in [-0.15, -0.1) is 0 Å². The smallest absolute Gasteiger partial charge is 0.308 e.